The van der Waals surface area contributed by atoms with Gasteiger partial charge in [0.1, 0.15) is 18.1 Å². The van der Waals surface area contributed by atoms with E-state index in [4.69, 9.17) is 23.0 Å². The summed E-state index contributed by atoms with van der Waals surface area (Å²) in [7, 11) is 0. The number of aromatic hydroxyl groups is 1. The quantitative estimate of drug-likeness (QED) is 0.437. The van der Waals surface area contributed by atoms with Crippen LogP contribution in [-0.4, -0.2) is 17.0 Å². The molecular weight excluding hydrogens is 356 g/mol. The van der Waals surface area contributed by atoms with Gasteiger partial charge < -0.3 is 9.84 Å². The van der Waals surface area contributed by atoms with Crippen LogP contribution in [0.1, 0.15) is 0 Å². The summed E-state index contributed by atoms with van der Waals surface area (Å²) in [6.45, 7) is 13.9. The average Bonchev–Trinajstić information content (AvgIpc) is 2.60. The van der Waals surface area contributed by atoms with Crippen LogP contribution in [0.2, 0.25) is 0 Å². The van der Waals surface area contributed by atoms with Crippen LogP contribution < -0.4 is 4.74 Å². The molecule has 0 aliphatic heterocycles. The maximum Gasteiger partial charge on any atom is 0.187 e. The van der Waals surface area contributed by atoms with Gasteiger partial charge in [-0.25, -0.2) is 9.69 Å². The second-order valence-electron chi connectivity index (χ2n) is 4.17. The number of ether oxygens (including phenoxy) is 1. The molecule has 2 aromatic carbocycles. The number of hydrogen-bond acceptors (Lipinski definition) is 2. The third-order valence-corrected chi connectivity index (χ3v) is 2.92. The Labute approximate surface area is 144 Å². The van der Waals surface area contributed by atoms with Gasteiger partial charge in [-0.05, 0) is 24.3 Å². The van der Waals surface area contributed by atoms with E-state index < -0.39 is 0 Å². The zero-order valence-corrected chi connectivity index (χ0v) is 13.9. The van der Waals surface area contributed by atoms with E-state index in [0.717, 1.165) is 11.1 Å². The summed E-state index contributed by atoms with van der Waals surface area (Å²) in [6.07, 6.45) is 3.92. The number of allylic oxidation sites excluding steroid dienone is 1. The standard InChI is InChI=1S/C11H10BrNO.C7H5NO/c1-13-10-4-6-11(7-5-10)14-9-3-2-8-12;1-8-6-2-4-7(9)5-3-6/h2-7H,8-9H2;2-5,9H/b3-2+;. The summed E-state index contributed by atoms with van der Waals surface area (Å²) in [4.78, 5) is 6.45. The van der Waals surface area contributed by atoms with Crippen molar-refractivity contribution in [2.24, 2.45) is 0 Å². The molecule has 0 fully saturated rings. The zero-order valence-electron chi connectivity index (χ0n) is 12.3. The molecule has 0 amide bonds. The van der Waals surface area contributed by atoms with Crippen molar-refractivity contribution in [3.05, 3.63) is 83.5 Å². The smallest absolute Gasteiger partial charge is 0.187 e. The Bertz CT molecular complexity index is 696. The molecule has 2 rings (SSSR count). The van der Waals surface area contributed by atoms with Gasteiger partial charge in [0.05, 0.1) is 13.1 Å². The SMILES string of the molecule is [C-]#[N+]c1ccc(O)cc1.[C-]#[N+]c1ccc(OC/C=C/CBr)cc1. The monoisotopic (exact) mass is 370 g/mol. The Kier molecular flexibility index (Phi) is 8.66. The molecule has 0 saturated carbocycles. The third-order valence-electron chi connectivity index (χ3n) is 2.55. The first-order valence-electron chi connectivity index (χ1n) is 6.67. The highest BCUT2D eigenvalue weighted by atomic mass is 79.9. The molecule has 0 heterocycles. The molecule has 116 valence electrons. The number of hydrogen-bond donors (Lipinski definition) is 1. The van der Waals surface area contributed by atoms with E-state index >= 15 is 0 Å². The van der Waals surface area contributed by atoms with E-state index in [1.165, 1.54) is 12.1 Å². The number of nitrogens with zero attached hydrogens (tertiary/aromatic N) is 2. The van der Waals surface area contributed by atoms with Crippen molar-refractivity contribution >= 4 is 27.3 Å². The summed E-state index contributed by atoms with van der Waals surface area (Å²) >= 11 is 3.28. The Morgan fingerprint density at radius 2 is 1.43 bits per heavy atom. The van der Waals surface area contributed by atoms with Crippen molar-refractivity contribution in [3.8, 4) is 11.5 Å². The second-order valence-corrected chi connectivity index (χ2v) is 4.82. The molecule has 0 atom stereocenters. The Balaban J connectivity index is 0.000000253. The van der Waals surface area contributed by atoms with Crippen LogP contribution in [0.5, 0.6) is 11.5 Å². The highest BCUT2D eigenvalue weighted by molar-refractivity contribution is 9.09. The number of rotatable bonds is 4. The first kappa shape index (κ1) is 18.3. The van der Waals surface area contributed by atoms with Crippen molar-refractivity contribution in [2.45, 2.75) is 0 Å². The lowest BCUT2D eigenvalue weighted by atomic mass is 10.3. The highest BCUT2D eigenvalue weighted by Crippen LogP contribution is 2.17. The predicted octanol–water partition coefficient (Wildman–Crippen LogP) is 5.51. The topological polar surface area (TPSA) is 38.2 Å². The molecular formula is C18H15BrN2O2. The van der Waals surface area contributed by atoms with Crippen LogP contribution in [0.15, 0.2) is 60.7 Å². The molecule has 23 heavy (non-hydrogen) atoms. The Hall–Kier alpha value is -2.76. The van der Waals surface area contributed by atoms with Crippen molar-refractivity contribution in [3.63, 3.8) is 0 Å². The van der Waals surface area contributed by atoms with Crippen LogP contribution in [0.3, 0.4) is 0 Å². The molecule has 0 radical (unpaired) electrons. The largest absolute Gasteiger partial charge is 0.508 e. The lowest BCUT2D eigenvalue weighted by Crippen LogP contribution is -1.92. The van der Waals surface area contributed by atoms with Crippen molar-refractivity contribution < 1.29 is 9.84 Å². The number of alkyl halides is 1. The minimum absolute atomic E-state index is 0.197. The minimum Gasteiger partial charge on any atom is -0.508 e. The van der Waals surface area contributed by atoms with Gasteiger partial charge in [0.15, 0.2) is 11.4 Å². The van der Waals surface area contributed by atoms with Gasteiger partial charge in [0.25, 0.3) is 0 Å². The van der Waals surface area contributed by atoms with Crippen LogP contribution in [0, 0.1) is 13.1 Å². The van der Waals surface area contributed by atoms with Crippen LogP contribution in [0.25, 0.3) is 9.69 Å². The first-order valence-corrected chi connectivity index (χ1v) is 7.79. The minimum atomic E-state index is 0.197. The molecule has 0 aliphatic rings. The highest BCUT2D eigenvalue weighted by Gasteiger charge is 1.92. The maximum absolute atomic E-state index is 8.75. The second kappa shape index (κ2) is 10.9. The molecule has 0 aliphatic carbocycles. The normalized spacial score (nSPS) is 9.35. The molecule has 0 unspecified atom stereocenters. The lowest BCUT2D eigenvalue weighted by Gasteiger charge is -2.01. The summed E-state index contributed by atoms with van der Waals surface area (Å²) < 4.78 is 5.40. The van der Waals surface area contributed by atoms with Gasteiger partial charge in [-0.1, -0.05) is 52.3 Å². The Morgan fingerprint density at radius 3 is 1.91 bits per heavy atom. The van der Waals surface area contributed by atoms with Crippen molar-refractivity contribution in [2.75, 3.05) is 11.9 Å². The fourth-order valence-electron chi connectivity index (χ4n) is 1.42. The molecule has 0 bridgehead atoms. The van der Waals surface area contributed by atoms with E-state index in [-0.39, 0.29) is 5.75 Å². The summed E-state index contributed by atoms with van der Waals surface area (Å²) in [6, 6.07) is 13.2. The van der Waals surface area contributed by atoms with E-state index in [2.05, 4.69) is 25.6 Å². The Morgan fingerprint density at radius 1 is 0.913 bits per heavy atom. The summed E-state index contributed by atoms with van der Waals surface area (Å²) in [5, 5.41) is 9.59. The van der Waals surface area contributed by atoms with Gasteiger partial charge in [-0.2, -0.15) is 0 Å². The van der Waals surface area contributed by atoms with Crippen LogP contribution >= 0.6 is 15.9 Å². The van der Waals surface area contributed by atoms with E-state index in [9.17, 15) is 0 Å². The lowest BCUT2D eigenvalue weighted by molar-refractivity contribution is 0.363. The third kappa shape index (κ3) is 7.71. The van der Waals surface area contributed by atoms with Gasteiger partial charge in [-0.3, -0.25) is 0 Å². The van der Waals surface area contributed by atoms with Gasteiger partial charge in [-0.15, -0.1) is 0 Å². The molecule has 0 aromatic heterocycles. The van der Waals surface area contributed by atoms with Crippen LogP contribution in [-0.2, 0) is 0 Å². The molecule has 5 heteroatoms. The van der Waals surface area contributed by atoms with E-state index in [1.54, 1.807) is 36.4 Å². The molecule has 1 N–H and O–H groups in total. The number of halogens is 1. The molecule has 0 saturated heterocycles. The van der Waals surface area contributed by atoms with E-state index in [1.807, 2.05) is 12.2 Å². The summed E-state index contributed by atoms with van der Waals surface area (Å²) in [5.41, 5.74) is 1.18. The van der Waals surface area contributed by atoms with E-state index in [0.29, 0.717) is 18.0 Å². The van der Waals surface area contributed by atoms with Crippen molar-refractivity contribution in [1.82, 2.24) is 0 Å². The first-order chi connectivity index (χ1) is 11.2. The van der Waals surface area contributed by atoms with Crippen molar-refractivity contribution in [1.29, 1.82) is 0 Å². The maximum atomic E-state index is 8.75. The summed E-state index contributed by atoms with van der Waals surface area (Å²) in [5.74, 6) is 0.985. The average molecular weight is 371 g/mol. The van der Waals surface area contributed by atoms with Gasteiger partial charge in [0.2, 0.25) is 0 Å². The number of benzene rings is 2. The zero-order chi connectivity index (χ0) is 16.9. The fraction of sp³-hybridized carbons (Fsp3) is 0.111. The van der Waals surface area contributed by atoms with Gasteiger partial charge >= 0.3 is 0 Å². The van der Waals surface area contributed by atoms with Gasteiger partial charge in [0, 0.05) is 5.33 Å². The fourth-order valence-corrected chi connectivity index (χ4v) is 1.68. The number of phenolic OH excluding ortho intramolecular Hbond substituents is 1. The molecule has 2 aromatic rings. The van der Waals surface area contributed by atoms with Crippen LogP contribution in [0.4, 0.5) is 11.4 Å². The number of phenols is 1. The predicted molar refractivity (Wildman–Crippen MR) is 95.5 cm³/mol. The molecule has 0 spiro atoms. The molecule has 4 nitrogen and oxygen atoms in total.